The predicted molar refractivity (Wildman–Crippen MR) is 58.6 cm³/mol. The first-order valence-electron chi connectivity index (χ1n) is 4.49. The van der Waals surface area contributed by atoms with Crippen LogP contribution >= 0.6 is 22.8 Å². The van der Waals surface area contributed by atoms with Crippen LogP contribution in [0.2, 0.25) is 0 Å². The first kappa shape index (κ1) is 17.4. The van der Waals surface area contributed by atoms with Gasteiger partial charge in [-0.2, -0.15) is 0 Å². The van der Waals surface area contributed by atoms with Crippen LogP contribution in [-0.4, -0.2) is 40.9 Å². The number of hydrogen-bond acceptors (Lipinski definition) is 3. The Kier molecular flexibility index (Phi) is 6.22. The van der Waals surface area contributed by atoms with Crippen LogP contribution in [0.4, 0.5) is 0 Å². The van der Waals surface area contributed by atoms with Crippen molar-refractivity contribution in [3.63, 3.8) is 0 Å². The van der Waals surface area contributed by atoms with Gasteiger partial charge in [-0.15, -0.1) is 0 Å². The molecule has 0 aliphatic carbocycles. The molecule has 104 valence electrons. The molecule has 0 bridgehead atoms. The fourth-order valence-electron chi connectivity index (χ4n) is 1.18. The van der Waals surface area contributed by atoms with Crippen LogP contribution in [0.3, 0.4) is 0 Å². The second-order valence-corrected chi connectivity index (χ2v) is 9.33. The summed E-state index contributed by atoms with van der Waals surface area (Å²) < 4.78 is 32.1. The third-order valence-electron chi connectivity index (χ3n) is 1.94. The largest absolute Gasteiger partial charge is 0.340 e. The van der Waals surface area contributed by atoms with E-state index in [9.17, 15) is 13.7 Å². The van der Waals surface area contributed by atoms with E-state index in [2.05, 4.69) is 0 Å². The molecule has 0 fully saturated rings. The van der Waals surface area contributed by atoms with Gasteiger partial charge in [-0.25, -0.2) is 0 Å². The second kappa shape index (κ2) is 6.06. The van der Waals surface area contributed by atoms with Crippen LogP contribution in [0.1, 0.15) is 19.3 Å². The summed E-state index contributed by atoms with van der Waals surface area (Å²) in [4.78, 5) is 52.0. The summed E-state index contributed by atoms with van der Waals surface area (Å²) in [5.74, 6) is 0. The SMILES string of the molecule is O=P(O)(O)CCCCC(P(=O)(O)O)P(=O)(O)O. The van der Waals surface area contributed by atoms with E-state index in [4.69, 9.17) is 29.4 Å². The van der Waals surface area contributed by atoms with Gasteiger partial charge in [0, 0.05) is 6.16 Å². The molecule has 0 atom stereocenters. The maximum Gasteiger partial charge on any atom is 0.340 e. The zero-order chi connectivity index (χ0) is 13.9. The highest BCUT2D eigenvalue weighted by molar-refractivity contribution is 7.70. The van der Waals surface area contributed by atoms with Gasteiger partial charge in [0.15, 0.2) is 5.40 Å². The summed E-state index contributed by atoms with van der Waals surface area (Å²) in [6.07, 6.45) is -1.14. The molecule has 0 aliphatic heterocycles. The maximum atomic E-state index is 10.8. The smallest absolute Gasteiger partial charge is 0.324 e. The minimum Gasteiger partial charge on any atom is -0.324 e. The van der Waals surface area contributed by atoms with Gasteiger partial charge < -0.3 is 29.4 Å². The van der Waals surface area contributed by atoms with E-state index >= 15 is 0 Å². The molecule has 0 spiro atoms. The maximum absolute atomic E-state index is 10.8. The number of unbranched alkanes of at least 4 members (excludes halogenated alkanes) is 1. The van der Waals surface area contributed by atoms with Crippen molar-refractivity contribution in [2.45, 2.75) is 24.7 Å². The first-order valence-corrected chi connectivity index (χ1v) is 9.65. The molecule has 0 unspecified atom stereocenters. The molecule has 6 N–H and O–H groups in total. The Morgan fingerprint density at radius 1 is 0.765 bits per heavy atom. The monoisotopic (exact) mass is 312 g/mol. The molecule has 0 aliphatic rings. The second-order valence-electron chi connectivity index (χ2n) is 3.54. The Labute approximate surface area is 97.4 Å². The molecule has 0 aromatic carbocycles. The van der Waals surface area contributed by atoms with Crippen LogP contribution in [0.5, 0.6) is 0 Å². The third kappa shape index (κ3) is 8.21. The van der Waals surface area contributed by atoms with Gasteiger partial charge in [-0.05, 0) is 12.8 Å². The molecule has 0 saturated heterocycles. The standard InChI is InChI=1S/C5H15O9P3/c6-15(7,8)4-2-1-3-5(16(9,10)11)17(12,13)14/h5H,1-4H2,(H2,6,7,8)(H2,9,10,11)(H2,12,13,14). The van der Waals surface area contributed by atoms with Gasteiger partial charge in [0.1, 0.15) is 0 Å². The lowest BCUT2D eigenvalue weighted by atomic mass is 10.3. The highest BCUT2D eigenvalue weighted by atomic mass is 31.2. The van der Waals surface area contributed by atoms with Crippen LogP contribution in [0.15, 0.2) is 0 Å². The van der Waals surface area contributed by atoms with Crippen molar-refractivity contribution in [2.75, 3.05) is 6.16 Å². The van der Waals surface area contributed by atoms with Gasteiger partial charge in [-0.1, -0.05) is 6.42 Å². The molecule has 0 radical (unpaired) electrons. The van der Waals surface area contributed by atoms with Gasteiger partial charge in [0.05, 0.1) is 0 Å². The van der Waals surface area contributed by atoms with Crippen molar-refractivity contribution in [1.82, 2.24) is 0 Å². The summed E-state index contributed by atoms with van der Waals surface area (Å²) >= 11 is 0. The minimum atomic E-state index is -4.94. The zero-order valence-corrected chi connectivity index (χ0v) is 11.3. The van der Waals surface area contributed by atoms with Gasteiger partial charge in [-0.3, -0.25) is 13.7 Å². The molecular formula is C5H15O9P3. The molecule has 0 aromatic rings. The predicted octanol–water partition coefficient (Wildman–Crippen LogP) is 0.0159. The summed E-state index contributed by atoms with van der Waals surface area (Å²) in [6.45, 7) is 0. The fourth-order valence-corrected chi connectivity index (χ4v) is 4.42. The zero-order valence-electron chi connectivity index (χ0n) is 8.66. The van der Waals surface area contributed by atoms with E-state index in [1.165, 1.54) is 0 Å². The van der Waals surface area contributed by atoms with E-state index in [-0.39, 0.29) is 12.8 Å². The molecular weight excluding hydrogens is 297 g/mol. The molecule has 12 heteroatoms. The van der Waals surface area contributed by atoms with Crippen molar-refractivity contribution in [1.29, 1.82) is 0 Å². The highest BCUT2D eigenvalue weighted by Gasteiger charge is 2.42. The van der Waals surface area contributed by atoms with Crippen LogP contribution in [0.25, 0.3) is 0 Å². The molecule has 0 aromatic heterocycles. The summed E-state index contributed by atoms with van der Waals surface area (Å²) in [5.41, 5.74) is 0. The van der Waals surface area contributed by atoms with Crippen LogP contribution in [-0.2, 0) is 13.7 Å². The lowest BCUT2D eigenvalue weighted by molar-refractivity contribution is 0.334. The van der Waals surface area contributed by atoms with Gasteiger partial charge in [0.25, 0.3) is 0 Å². The Morgan fingerprint density at radius 3 is 1.47 bits per heavy atom. The summed E-state index contributed by atoms with van der Waals surface area (Å²) in [6, 6.07) is 0. The molecule has 17 heavy (non-hydrogen) atoms. The van der Waals surface area contributed by atoms with Crippen molar-refractivity contribution in [3.05, 3.63) is 0 Å². The van der Waals surface area contributed by atoms with Gasteiger partial charge >= 0.3 is 22.8 Å². The summed E-state index contributed by atoms with van der Waals surface area (Å²) in [7, 11) is -14.1. The van der Waals surface area contributed by atoms with Crippen LogP contribution in [0, 0.1) is 0 Å². The van der Waals surface area contributed by atoms with E-state index in [1.807, 2.05) is 0 Å². The van der Waals surface area contributed by atoms with Crippen molar-refractivity contribution in [2.24, 2.45) is 0 Å². The van der Waals surface area contributed by atoms with E-state index in [0.29, 0.717) is 0 Å². The topological polar surface area (TPSA) is 173 Å². The first-order chi connectivity index (χ1) is 7.34. The average Bonchev–Trinajstić information content (AvgIpc) is 1.95. The lowest BCUT2D eigenvalue weighted by Gasteiger charge is -2.19. The van der Waals surface area contributed by atoms with Crippen molar-refractivity contribution < 1.29 is 43.1 Å². The Bertz CT molecular complexity index is 352. The third-order valence-corrected chi connectivity index (χ3v) is 6.71. The molecule has 0 amide bonds. The van der Waals surface area contributed by atoms with Crippen molar-refractivity contribution >= 4 is 22.8 Å². The Hall–Kier alpha value is 0.450. The highest BCUT2D eigenvalue weighted by Crippen LogP contribution is 2.61. The summed E-state index contributed by atoms with van der Waals surface area (Å²) in [5, 5.41) is -2.10. The quantitative estimate of drug-likeness (QED) is 0.280. The van der Waals surface area contributed by atoms with E-state index in [0.717, 1.165) is 0 Å². The number of hydrogen-bond donors (Lipinski definition) is 6. The Morgan fingerprint density at radius 2 is 1.18 bits per heavy atom. The number of rotatable bonds is 7. The van der Waals surface area contributed by atoms with Crippen molar-refractivity contribution in [3.8, 4) is 0 Å². The minimum absolute atomic E-state index is 0.0687. The normalized spacial score (nSPS) is 14.3. The van der Waals surface area contributed by atoms with Gasteiger partial charge in [0.2, 0.25) is 0 Å². The van der Waals surface area contributed by atoms with Crippen LogP contribution < -0.4 is 0 Å². The average molecular weight is 312 g/mol. The molecule has 0 saturated carbocycles. The molecule has 0 heterocycles. The lowest BCUT2D eigenvalue weighted by Crippen LogP contribution is -2.09. The van der Waals surface area contributed by atoms with E-state index < -0.39 is 40.8 Å². The molecule has 0 rings (SSSR count). The van der Waals surface area contributed by atoms with E-state index in [1.54, 1.807) is 0 Å². The molecule has 9 nitrogen and oxygen atoms in total. The fraction of sp³-hybridized carbons (Fsp3) is 1.00. The Balaban J connectivity index is 4.37.